The molecule has 39 heavy (non-hydrogen) atoms. The zero-order valence-corrected chi connectivity index (χ0v) is 21.5. The van der Waals surface area contributed by atoms with Gasteiger partial charge in [0, 0.05) is 12.6 Å². The predicted molar refractivity (Wildman–Crippen MR) is 147 cm³/mol. The van der Waals surface area contributed by atoms with E-state index in [0.717, 1.165) is 36.7 Å². The molecule has 2 aromatic heterocycles. The summed E-state index contributed by atoms with van der Waals surface area (Å²) in [4.78, 5) is 27.0. The molecule has 2 aromatic carbocycles. The molecule has 5 rings (SSSR count). The number of nitrogens with zero attached hydrogens (tertiary/aromatic N) is 4. The van der Waals surface area contributed by atoms with Crippen molar-refractivity contribution in [3.63, 3.8) is 0 Å². The number of aromatic carboxylic acids is 1. The molecule has 1 fully saturated rings. The van der Waals surface area contributed by atoms with Crippen LogP contribution in [0.2, 0.25) is 0 Å². The van der Waals surface area contributed by atoms with Gasteiger partial charge in [0.1, 0.15) is 23.5 Å². The van der Waals surface area contributed by atoms with Crippen molar-refractivity contribution in [1.82, 2.24) is 15.0 Å². The zero-order chi connectivity index (χ0) is 27.0. The molecular formula is C29H29N5O5. The van der Waals surface area contributed by atoms with Crippen molar-refractivity contribution >= 4 is 23.4 Å². The highest BCUT2D eigenvalue weighted by molar-refractivity contribution is 5.88. The highest BCUT2D eigenvalue weighted by Gasteiger charge is 2.24. The minimum absolute atomic E-state index is 0.00565. The van der Waals surface area contributed by atoms with Gasteiger partial charge in [-0.05, 0) is 56.2 Å². The van der Waals surface area contributed by atoms with Crippen molar-refractivity contribution in [2.45, 2.75) is 25.9 Å². The van der Waals surface area contributed by atoms with Gasteiger partial charge >= 0.3 is 5.97 Å². The number of anilines is 3. The van der Waals surface area contributed by atoms with Crippen LogP contribution >= 0.6 is 0 Å². The summed E-state index contributed by atoms with van der Waals surface area (Å²) >= 11 is 0. The van der Waals surface area contributed by atoms with Crippen LogP contribution in [0.25, 0.3) is 0 Å². The minimum atomic E-state index is -1.02. The molecule has 0 bridgehead atoms. The number of ether oxygens (including phenoxy) is 3. The number of benzene rings is 2. The van der Waals surface area contributed by atoms with E-state index < -0.39 is 5.97 Å². The lowest BCUT2D eigenvalue weighted by atomic mass is 10.1. The average Bonchev–Trinajstić information content (AvgIpc) is 2.95. The summed E-state index contributed by atoms with van der Waals surface area (Å²) < 4.78 is 17.8. The summed E-state index contributed by atoms with van der Waals surface area (Å²) in [6, 6.07) is 19.2. The van der Waals surface area contributed by atoms with E-state index in [1.54, 1.807) is 42.7 Å². The lowest BCUT2D eigenvalue weighted by Crippen LogP contribution is -2.41. The SMILES string of the molecule is CCOc1ccccc1OC1CCCN(c2cncc(Nc3cccc(Oc4cccc(C(=O)O)c4)n3)n2)C1. The molecule has 0 radical (unpaired) electrons. The van der Waals surface area contributed by atoms with E-state index in [1.165, 1.54) is 12.1 Å². The third-order valence-electron chi connectivity index (χ3n) is 6.05. The maximum absolute atomic E-state index is 11.2. The lowest BCUT2D eigenvalue weighted by molar-refractivity contribution is 0.0696. The molecule has 10 heteroatoms. The maximum Gasteiger partial charge on any atom is 0.335 e. The van der Waals surface area contributed by atoms with Gasteiger partial charge in [0.15, 0.2) is 17.3 Å². The van der Waals surface area contributed by atoms with E-state index in [-0.39, 0.29) is 11.7 Å². The first-order valence-corrected chi connectivity index (χ1v) is 12.8. The summed E-state index contributed by atoms with van der Waals surface area (Å²) in [6.45, 7) is 4.06. The third-order valence-corrected chi connectivity index (χ3v) is 6.05. The number of carbonyl (C=O) groups is 1. The normalized spacial score (nSPS) is 14.9. The monoisotopic (exact) mass is 527 g/mol. The van der Waals surface area contributed by atoms with Crippen LogP contribution in [-0.2, 0) is 0 Å². The van der Waals surface area contributed by atoms with Gasteiger partial charge in [-0.25, -0.2) is 9.78 Å². The molecule has 0 amide bonds. The van der Waals surface area contributed by atoms with Crippen LogP contribution in [0, 0.1) is 0 Å². The molecule has 0 aliphatic carbocycles. The standard InChI is InChI=1S/C29H29N5O5/c1-2-37-23-11-3-4-12-24(23)38-22-10-7-15-34(19-22)27-18-30-17-26(32-27)31-25-13-6-14-28(33-25)39-21-9-5-8-20(16-21)29(35)36/h3-6,8-9,11-14,16-18,22H,2,7,10,15,19H2,1H3,(H,35,36)(H,31,32,33). The molecular weight excluding hydrogens is 498 g/mol. The van der Waals surface area contributed by atoms with Crippen LogP contribution in [0.15, 0.2) is 79.1 Å². The Morgan fingerprint density at radius 2 is 1.87 bits per heavy atom. The van der Waals surface area contributed by atoms with Crippen LogP contribution in [0.4, 0.5) is 17.5 Å². The molecule has 1 aliphatic heterocycles. The van der Waals surface area contributed by atoms with Crippen LogP contribution in [0.1, 0.15) is 30.1 Å². The fraction of sp³-hybridized carbons (Fsp3) is 0.241. The third kappa shape index (κ3) is 6.72. The van der Waals surface area contributed by atoms with Gasteiger partial charge in [-0.15, -0.1) is 0 Å². The number of pyridine rings is 1. The smallest absolute Gasteiger partial charge is 0.335 e. The van der Waals surface area contributed by atoms with E-state index in [1.807, 2.05) is 31.2 Å². The quantitative estimate of drug-likeness (QED) is 0.272. The second-order valence-corrected chi connectivity index (χ2v) is 8.89. The van der Waals surface area contributed by atoms with Crippen LogP contribution in [-0.4, -0.2) is 51.8 Å². The number of hydrogen-bond donors (Lipinski definition) is 2. The fourth-order valence-corrected chi connectivity index (χ4v) is 4.30. The number of carboxylic acids is 1. The molecule has 10 nitrogen and oxygen atoms in total. The van der Waals surface area contributed by atoms with Gasteiger partial charge in [0.2, 0.25) is 5.88 Å². The van der Waals surface area contributed by atoms with Crippen molar-refractivity contribution in [3.8, 4) is 23.1 Å². The molecule has 200 valence electrons. The fourth-order valence-electron chi connectivity index (χ4n) is 4.30. The Kier molecular flexibility index (Phi) is 8.01. The Morgan fingerprint density at radius 1 is 1.03 bits per heavy atom. The topological polar surface area (TPSA) is 119 Å². The van der Waals surface area contributed by atoms with Crippen molar-refractivity contribution in [1.29, 1.82) is 0 Å². The summed E-state index contributed by atoms with van der Waals surface area (Å²) in [5.41, 5.74) is 0.137. The van der Waals surface area contributed by atoms with Gasteiger partial charge in [0.05, 0.1) is 31.1 Å². The number of hydrogen-bond acceptors (Lipinski definition) is 9. The molecule has 3 heterocycles. The Bertz CT molecular complexity index is 1430. The van der Waals surface area contributed by atoms with E-state index in [2.05, 4.69) is 20.2 Å². The van der Waals surface area contributed by atoms with Gasteiger partial charge in [-0.2, -0.15) is 4.98 Å². The summed E-state index contributed by atoms with van der Waals surface area (Å²) in [6.07, 6.45) is 5.27. The molecule has 1 saturated heterocycles. The largest absolute Gasteiger partial charge is 0.490 e. The molecule has 1 atom stereocenters. The molecule has 0 spiro atoms. The van der Waals surface area contributed by atoms with Gasteiger partial charge in [0.25, 0.3) is 0 Å². The molecule has 1 unspecified atom stereocenters. The first-order chi connectivity index (χ1) is 19.1. The number of carboxylic acid groups (broad SMARTS) is 1. The highest BCUT2D eigenvalue weighted by Crippen LogP contribution is 2.30. The number of rotatable bonds is 10. The molecule has 1 aliphatic rings. The molecule has 4 aromatic rings. The van der Waals surface area contributed by atoms with Crippen molar-refractivity contribution in [2.75, 3.05) is 29.9 Å². The van der Waals surface area contributed by atoms with Gasteiger partial charge < -0.3 is 29.5 Å². The van der Waals surface area contributed by atoms with Crippen LogP contribution < -0.4 is 24.4 Å². The summed E-state index contributed by atoms with van der Waals surface area (Å²) in [5, 5.41) is 12.4. The zero-order valence-electron chi connectivity index (χ0n) is 21.5. The minimum Gasteiger partial charge on any atom is -0.490 e. The van der Waals surface area contributed by atoms with E-state index in [9.17, 15) is 9.90 Å². The predicted octanol–water partition coefficient (Wildman–Crippen LogP) is 5.55. The van der Waals surface area contributed by atoms with Gasteiger partial charge in [-0.3, -0.25) is 4.98 Å². The second-order valence-electron chi connectivity index (χ2n) is 8.89. The lowest BCUT2D eigenvalue weighted by Gasteiger charge is -2.33. The number of nitrogens with one attached hydrogen (secondary N) is 1. The summed E-state index contributed by atoms with van der Waals surface area (Å²) in [5.74, 6) is 2.96. The van der Waals surface area contributed by atoms with Crippen LogP contribution in [0.3, 0.4) is 0 Å². The second kappa shape index (κ2) is 12.1. The highest BCUT2D eigenvalue weighted by atomic mass is 16.5. The van der Waals surface area contributed by atoms with Gasteiger partial charge in [-0.1, -0.05) is 24.3 Å². The average molecular weight is 528 g/mol. The molecule has 2 N–H and O–H groups in total. The van der Waals surface area contributed by atoms with Crippen LogP contribution in [0.5, 0.6) is 23.1 Å². The first kappa shape index (κ1) is 25.8. The van der Waals surface area contributed by atoms with Crippen molar-refractivity contribution in [2.24, 2.45) is 0 Å². The number of para-hydroxylation sites is 2. The molecule has 0 saturated carbocycles. The van der Waals surface area contributed by atoms with Crippen molar-refractivity contribution < 1.29 is 24.1 Å². The Balaban J connectivity index is 1.25. The first-order valence-electron chi connectivity index (χ1n) is 12.8. The maximum atomic E-state index is 11.2. The summed E-state index contributed by atoms with van der Waals surface area (Å²) in [7, 11) is 0. The van der Waals surface area contributed by atoms with Crippen molar-refractivity contribution in [3.05, 3.63) is 84.7 Å². The Hall–Kier alpha value is -4.86. The Labute approximate surface area is 226 Å². The number of piperidine rings is 1. The van der Waals surface area contributed by atoms with E-state index in [4.69, 9.17) is 19.2 Å². The Morgan fingerprint density at radius 3 is 2.72 bits per heavy atom. The van der Waals surface area contributed by atoms with E-state index >= 15 is 0 Å². The van der Waals surface area contributed by atoms with E-state index in [0.29, 0.717) is 36.4 Å². The number of aromatic nitrogens is 3.